The molecule has 4 nitrogen and oxygen atoms in total. The maximum atomic E-state index is 12.1. The average molecular weight is 233 g/mol. The van der Waals surface area contributed by atoms with Crippen molar-refractivity contribution in [3.8, 4) is 0 Å². The van der Waals surface area contributed by atoms with Crippen LogP contribution in [0.3, 0.4) is 0 Å². The average Bonchev–Trinajstić information content (AvgIpc) is 2.76. The lowest BCUT2D eigenvalue weighted by Crippen LogP contribution is -2.35. The molecule has 2 N–H and O–H groups in total. The third-order valence-corrected chi connectivity index (χ3v) is 3.40. The summed E-state index contributed by atoms with van der Waals surface area (Å²) in [5.41, 5.74) is 1.04. The maximum Gasteiger partial charge on any atom is 0.225 e. The van der Waals surface area contributed by atoms with Crippen LogP contribution in [-0.2, 0) is 4.79 Å². The molecule has 1 saturated heterocycles. The molecule has 2 rings (SSSR count). The van der Waals surface area contributed by atoms with E-state index in [2.05, 4.69) is 22.5 Å². The first-order valence-electron chi connectivity index (χ1n) is 6.09. The minimum atomic E-state index is 0.0176. The summed E-state index contributed by atoms with van der Waals surface area (Å²) in [5, 5.41) is 6.29. The molecular formula is C13H19N3O. The van der Waals surface area contributed by atoms with Gasteiger partial charge in [0.05, 0.1) is 12.0 Å². The molecule has 4 heteroatoms. The van der Waals surface area contributed by atoms with E-state index in [-0.39, 0.29) is 17.9 Å². The fourth-order valence-corrected chi connectivity index (χ4v) is 2.20. The van der Waals surface area contributed by atoms with E-state index in [0.29, 0.717) is 5.92 Å². The molecule has 3 atom stereocenters. The van der Waals surface area contributed by atoms with Crippen molar-refractivity contribution in [1.29, 1.82) is 0 Å². The largest absolute Gasteiger partial charge is 0.349 e. The second-order valence-corrected chi connectivity index (χ2v) is 4.76. The summed E-state index contributed by atoms with van der Waals surface area (Å²) in [6, 6.07) is 3.88. The predicted molar refractivity (Wildman–Crippen MR) is 66.3 cm³/mol. The van der Waals surface area contributed by atoms with Gasteiger partial charge in [0.25, 0.3) is 0 Å². The number of hydrogen-bond acceptors (Lipinski definition) is 3. The lowest BCUT2D eigenvalue weighted by Gasteiger charge is -2.19. The first-order valence-corrected chi connectivity index (χ1v) is 6.09. The lowest BCUT2D eigenvalue weighted by atomic mass is 9.96. The van der Waals surface area contributed by atoms with Crippen LogP contribution in [0.1, 0.15) is 25.5 Å². The van der Waals surface area contributed by atoms with Crippen molar-refractivity contribution in [3.05, 3.63) is 30.1 Å². The lowest BCUT2D eigenvalue weighted by molar-refractivity contribution is -0.126. The Morgan fingerprint density at radius 2 is 2.41 bits per heavy atom. The van der Waals surface area contributed by atoms with E-state index in [9.17, 15) is 4.79 Å². The monoisotopic (exact) mass is 233 g/mol. The Labute approximate surface area is 102 Å². The number of nitrogens with zero attached hydrogens (tertiary/aromatic N) is 1. The number of aromatic nitrogens is 1. The van der Waals surface area contributed by atoms with E-state index >= 15 is 0 Å². The molecular weight excluding hydrogens is 214 g/mol. The molecule has 0 bridgehead atoms. The second-order valence-electron chi connectivity index (χ2n) is 4.76. The fourth-order valence-electron chi connectivity index (χ4n) is 2.20. The van der Waals surface area contributed by atoms with Gasteiger partial charge in [-0.15, -0.1) is 0 Å². The van der Waals surface area contributed by atoms with Crippen LogP contribution in [0, 0.1) is 11.8 Å². The van der Waals surface area contributed by atoms with Gasteiger partial charge in [-0.3, -0.25) is 9.78 Å². The Morgan fingerprint density at radius 3 is 3.00 bits per heavy atom. The van der Waals surface area contributed by atoms with E-state index < -0.39 is 0 Å². The molecule has 92 valence electrons. The van der Waals surface area contributed by atoms with Gasteiger partial charge < -0.3 is 10.6 Å². The third-order valence-electron chi connectivity index (χ3n) is 3.40. The van der Waals surface area contributed by atoms with Crippen molar-refractivity contribution in [2.45, 2.75) is 19.9 Å². The van der Waals surface area contributed by atoms with Crippen molar-refractivity contribution in [2.75, 3.05) is 13.1 Å². The van der Waals surface area contributed by atoms with Crippen molar-refractivity contribution < 1.29 is 4.79 Å². The van der Waals surface area contributed by atoms with Gasteiger partial charge in [0.15, 0.2) is 0 Å². The van der Waals surface area contributed by atoms with Crippen LogP contribution in [0.25, 0.3) is 0 Å². The molecule has 1 amide bonds. The standard InChI is InChI=1S/C13H19N3O/c1-9-6-15-8-12(9)13(17)16-10(2)11-4-3-5-14-7-11/h3-5,7,9-10,12,15H,6,8H2,1-2H3,(H,16,17). The first-order chi connectivity index (χ1) is 8.18. The molecule has 0 spiro atoms. The van der Waals surface area contributed by atoms with Crippen LogP contribution in [0.5, 0.6) is 0 Å². The van der Waals surface area contributed by atoms with Gasteiger partial charge in [0.2, 0.25) is 5.91 Å². The summed E-state index contributed by atoms with van der Waals surface area (Å²) in [4.78, 5) is 16.1. The van der Waals surface area contributed by atoms with Crippen LogP contribution >= 0.6 is 0 Å². The summed E-state index contributed by atoms with van der Waals surface area (Å²) in [7, 11) is 0. The fraction of sp³-hybridized carbons (Fsp3) is 0.538. The predicted octanol–water partition coefficient (Wildman–Crippen LogP) is 1.11. The number of hydrogen-bond donors (Lipinski definition) is 2. The quantitative estimate of drug-likeness (QED) is 0.822. The van der Waals surface area contributed by atoms with Crippen molar-refractivity contribution in [1.82, 2.24) is 15.6 Å². The van der Waals surface area contributed by atoms with E-state index in [4.69, 9.17) is 0 Å². The smallest absolute Gasteiger partial charge is 0.225 e. The van der Waals surface area contributed by atoms with Crippen molar-refractivity contribution >= 4 is 5.91 Å². The normalized spacial score (nSPS) is 25.5. The van der Waals surface area contributed by atoms with Gasteiger partial charge in [-0.1, -0.05) is 13.0 Å². The molecule has 0 aromatic carbocycles. The van der Waals surface area contributed by atoms with E-state index in [1.54, 1.807) is 12.4 Å². The molecule has 1 aromatic heterocycles. The van der Waals surface area contributed by atoms with E-state index in [1.807, 2.05) is 19.1 Å². The molecule has 1 aliphatic heterocycles. The number of nitrogens with one attached hydrogen (secondary N) is 2. The molecule has 1 aromatic rings. The molecule has 2 heterocycles. The summed E-state index contributed by atoms with van der Waals surface area (Å²) in [5.74, 6) is 0.643. The second kappa shape index (κ2) is 5.27. The molecule has 1 aliphatic rings. The Hall–Kier alpha value is -1.42. The Balaban J connectivity index is 1.95. The zero-order chi connectivity index (χ0) is 12.3. The van der Waals surface area contributed by atoms with Gasteiger partial charge in [-0.05, 0) is 31.0 Å². The Bertz CT molecular complexity index is 380. The SMILES string of the molecule is CC(NC(=O)C1CNCC1C)c1cccnc1. The summed E-state index contributed by atoms with van der Waals surface area (Å²) in [6.07, 6.45) is 3.53. The van der Waals surface area contributed by atoms with Gasteiger partial charge >= 0.3 is 0 Å². The van der Waals surface area contributed by atoms with Crippen LogP contribution in [0.2, 0.25) is 0 Å². The molecule has 1 fully saturated rings. The molecule has 17 heavy (non-hydrogen) atoms. The molecule has 0 aliphatic carbocycles. The summed E-state index contributed by atoms with van der Waals surface area (Å²) >= 11 is 0. The van der Waals surface area contributed by atoms with Crippen LogP contribution in [-0.4, -0.2) is 24.0 Å². The highest BCUT2D eigenvalue weighted by atomic mass is 16.2. The van der Waals surface area contributed by atoms with Crippen LogP contribution < -0.4 is 10.6 Å². The molecule has 0 saturated carbocycles. The van der Waals surface area contributed by atoms with E-state index in [0.717, 1.165) is 18.7 Å². The first kappa shape index (κ1) is 12.0. The molecule has 3 unspecified atom stereocenters. The zero-order valence-electron chi connectivity index (χ0n) is 10.3. The minimum Gasteiger partial charge on any atom is -0.349 e. The molecule has 0 radical (unpaired) electrons. The van der Waals surface area contributed by atoms with E-state index in [1.165, 1.54) is 0 Å². The number of pyridine rings is 1. The highest BCUT2D eigenvalue weighted by Crippen LogP contribution is 2.18. The van der Waals surface area contributed by atoms with Crippen molar-refractivity contribution in [2.24, 2.45) is 11.8 Å². The maximum absolute atomic E-state index is 12.1. The van der Waals surface area contributed by atoms with Crippen molar-refractivity contribution in [3.63, 3.8) is 0 Å². The number of rotatable bonds is 3. The van der Waals surface area contributed by atoms with Crippen LogP contribution in [0.4, 0.5) is 0 Å². The summed E-state index contributed by atoms with van der Waals surface area (Å²) in [6.45, 7) is 5.81. The highest BCUT2D eigenvalue weighted by Gasteiger charge is 2.30. The van der Waals surface area contributed by atoms with Crippen LogP contribution in [0.15, 0.2) is 24.5 Å². The number of carbonyl (C=O) groups is 1. The Kier molecular flexibility index (Phi) is 3.74. The number of carbonyl (C=O) groups excluding carboxylic acids is 1. The highest BCUT2D eigenvalue weighted by molar-refractivity contribution is 5.80. The zero-order valence-corrected chi connectivity index (χ0v) is 10.3. The summed E-state index contributed by atoms with van der Waals surface area (Å²) < 4.78 is 0. The van der Waals surface area contributed by atoms with Gasteiger partial charge in [-0.25, -0.2) is 0 Å². The van der Waals surface area contributed by atoms with Gasteiger partial charge in [-0.2, -0.15) is 0 Å². The third kappa shape index (κ3) is 2.82. The Morgan fingerprint density at radius 1 is 1.59 bits per heavy atom. The van der Waals surface area contributed by atoms with Gasteiger partial charge in [0.1, 0.15) is 0 Å². The van der Waals surface area contributed by atoms with Gasteiger partial charge in [0, 0.05) is 18.9 Å². The number of amides is 1. The minimum absolute atomic E-state index is 0.0176. The topological polar surface area (TPSA) is 54.0 Å².